The molecule has 2 atom stereocenters. The van der Waals surface area contributed by atoms with Crippen LogP contribution in [-0.2, 0) is 21.9 Å². The van der Waals surface area contributed by atoms with Crippen molar-refractivity contribution in [3.05, 3.63) is 177 Å². The molecule has 2 heteroatoms. The van der Waals surface area contributed by atoms with Crippen molar-refractivity contribution in [1.29, 1.82) is 0 Å². The fourth-order valence-corrected chi connectivity index (χ4v) is 5.06. The van der Waals surface area contributed by atoms with Crippen LogP contribution in [0.1, 0.15) is 34.9 Å². The van der Waals surface area contributed by atoms with Crippen molar-refractivity contribution in [2.75, 3.05) is 0 Å². The molecular weight excluding hydrogens is 480 g/mol. The molecule has 3 aliphatic rings. The monoisotopic (exact) mass is 508 g/mol. The van der Waals surface area contributed by atoms with Gasteiger partial charge in [0, 0.05) is 17.4 Å². The molecule has 0 bridgehead atoms. The molecule has 0 N–H and O–H groups in total. The Labute approximate surface area is 227 Å². The van der Waals surface area contributed by atoms with Crippen LogP contribution in [0, 0.1) is 63.7 Å². The number of allylic oxidation sites excluding steroid dienone is 2. The Bertz CT molecular complexity index is 1100. The Balaban J connectivity index is 0.000000455. The predicted molar refractivity (Wildman–Crippen MR) is 143 cm³/mol. The molecule has 0 heterocycles. The van der Waals surface area contributed by atoms with E-state index in [-0.39, 0.29) is 34.7 Å². The third kappa shape index (κ3) is 6.10. The van der Waals surface area contributed by atoms with Crippen molar-refractivity contribution < 1.29 is 21.9 Å². The number of ketones is 1. The van der Waals surface area contributed by atoms with Gasteiger partial charge in [0.2, 0.25) is 0 Å². The smallest absolute Gasteiger partial charge is 0.293 e. The van der Waals surface area contributed by atoms with Crippen molar-refractivity contribution in [2.24, 2.45) is 0 Å². The molecule has 36 heavy (non-hydrogen) atoms. The van der Waals surface area contributed by atoms with Crippen LogP contribution in [0.5, 0.6) is 0 Å². The zero-order valence-electron chi connectivity index (χ0n) is 20.0. The predicted octanol–water partition coefficient (Wildman–Crippen LogP) is 7.40. The van der Waals surface area contributed by atoms with Crippen LogP contribution in [0.25, 0.3) is 5.57 Å². The molecule has 0 spiro atoms. The molecule has 2 unspecified atom stereocenters. The van der Waals surface area contributed by atoms with Crippen molar-refractivity contribution in [3.63, 3.8) is 0 Å². The number of rotatable bonds is 4. The van der Waals surface area contributed by atoms with Gasteiger partial charge in [-0.15, -0.1) is 0 Å². The standard InChI is InChI=1S/C29H23O.C5H5.Fe/c30-29-27(23-16-6-2-7-17-23)25(21-12-4-1-5-13-21)20-26(22-14-10-11-15-22)28(29)24-18-8-3-9-19-24;1-2-4-5-3-1;/h1-19,25,27H,20H2;1-5H;/q;;+2. The number of carbonyl (C=O) groups excluding carboxylic acids is 1. The maximum Gasteiger partial charge on any atom is 2.00 e. The Hall–Kier alpha value is -2.41. The average Bonchev–Trinajstić information content (AvgIpc) is 3.67. The largest absolute Gasteiger partial charge is 2.00 e. The first-order valence-electron chi connectivity index (χ1n) is 12.1. The molecule has 0 aromatic heterocycles. The Kier molecular flexibility index (Phi) is 9.79. The SMILES string of the molecule is O=C1C(c2ccccc2)=C([C]2[CH][CH][CH][CH]2)CC(c2ccccc2)C1c1ccccc1.[CH]1[CH][CH][CH][CH]1.[Fe+2]. The minimum Gasteiger partial charge on any atom is -0.293 e. The third-order valence-corrected chi connectivity index (χ3v) is 6.67. The van der Waals surface area contributed by atoms with Gasteiger partial charge < -0.3 is 0 Å². The zero-order chi connectivity index (χ0) is 23.9. The Morgan fingerprint density at radius 2 is 1.03 bits per heavy atom. The van der Waals surface area contributed by atoms with E-state index in [1.54, 1.807) is 0 Å². The number of hydrogen-bond donors (Lipinski definition) is 0. The van der Waals surface area contributed by atoms with Crippen LogP contribution < -0.4 is 0 Å². The summed E-state index contributed by atoms with van der Waals surface area (Å²) in [6.07, 6.45) is 19.2. The van der Waals surface area contributed by atoms with Crippen LogP contribution in [0.4, 0.5) is 0 Å². The molecule has 3 aliphatic carbocycles. The van der Waals surface area contributed by atoms with Crippen molar-refractivity contribution in [3.8, 4) is 0 Å². The van der Waals surface area contributed by atoms with Crippen LogP contribution >= 0.6 is 0 Å². The minimum absolute atomic E-state index is 0. The fourth-order valence-electron chi connectivity index (χ4n) is 5.06. The molecule has 1 nitrogen and oxygen atoms in total. The van der Waals surface area contributed by atoms with Gasteiger partial charge in [-0.1, -0.05) is 96.6 Å². The van der Waals surface area contributed by atoms with Crippen molar-refractivity contribution >= 4 is 11.4 Å². The van der Waals surface area contributed by atoms with Gasteiger partial charge in [-0.2, -0.15) is 0 Å². The number of benzene rings is 3. The first-order chi connectivity index (χ1) is 17.3. The van der Waals surface area contributed by atoms with Gasteiger partial charge in [-0.25, -0.2) is 0 Å². The Morgan fingerprint density at radius 3 is 1.56 bits per heavy atom. The molecule has 3 aromatic rings. The fraction of sp³-hybridized carbons (Fsp3) is 0.0882. The van der Waals surface area contributed by atoms with E-state index in [0.29, 0.717) is 0 Å². The molecule has 0 saturated heterocycles. The topological polar surface area (TPSA) is 17.1 Å². The van der Waals surface area contributed by atoms with Gasteiger partial charge >= 0.3 is 17.1 Å². The second-order valence-electron chi connectivity index (χ2n) is 8.83. The molecule has 2 fully saturated rings. The summed E-state index contributed by atoms with van der Waals surface area (Å²) in [5, 5.41) is 0. The maximum atomic E-state index is 14.2. The van der Waals surface area contributed by atoms with E-state index in [2.05, 4.69) is 74.2 Å². The summed E-state index contributed by atoms with van der Waals surface area (Å²) in [6, 6.07) is 30.9. The summed E-state index contributed by atoms with van der Waals surface area (Å²) in [7, 11) is 0. The zero-order valence-corrected chi connectivity index (χ0v) is 21.1. The summed E-state index contributed by atoms with van der Waals surface area (Å²) in [4.78, 5) is 14.2. The molecular formula is C34H28FeO+2. The normalized spacial score (nSPS) is 22.1. The molecule has 0 amide bonds. The van der Waals surface area contributed by atoms with Crippen LogP contribution in [0.15, 0.2) is 96.6 Å². The van der Waals surface area contributed by atoms with Crippen LogP contribution in [-0.4, -0.2) is 5.78 Å². The minimum atomic E-state index is -0.192. The van der Waals surface area contributed by atoms with E-state index < -0.39 is 0 Å². The average molecular weight is 508 g/mol. The van der Waals surface area contributed by atoms with E-state index in [4.69, 9.17) is 0 Å². The molecule has 3 aromatic carbocycles. The first kappa shape index (κ1) is 26.6. The van der Waals surface area contributed by atoms with Crippen molar-refractivity contribution in [1.82, 2.24) is 0 Å². The van der Waals surface area contributed by atoms with Gasteiger partial charge in [0.25, 0.3) is 0 Å². The number of carbonyl (C=O) groups is 1. The summed E-state index contributed by atoms with van der Waals surface area (Å²) < 4.78 is 0. The van der Waals surface area contributed by atoms with Crippen LogP contribution in [0.2, 0.25) is 0 Å². The quantitative estimate of drug-likeness (QED) is 0.336. The first-order valence-corrected chi connectivity index (χ1v) is 12.1. The van der Waals surface area contributed by atoms with Crippen LogP contribution in [0.3, 0.4) is 0 Å². The summed E-state index contributed by atoms with van der Waals surface area (Å²) in [6.45, 7) is 0. The maximum absolute atomic E-state index is 14.2. The van der Waals surface area contributed by atoms with Gasteiger partial charge in [0.05, 0.1) is 5.92 Å². The van der Waals surface area contributed by atoms with E-state index >= 15 is 0 Å². The van der Waals surface area contributed by atoms with Gasteiger partial charge in [0.15, 0.2) is 5.78 Å². The van der Waals surface area contributed by atoms with E-state index in [1.165, 1.54) is 5.56 Å². The Morgan fingerprint density at radius 1 is 0.556 bits per heavy atom. The summed E-state index contributed by atoms with van der Waals surface area (Å²) in [5.41, 5.74) is 5.33. The van der Waals surface area contributed by atoms with Gasteiger partial charge in [-0.3, -0.25) is 4.79 Å². The molecule has 0 aliphatic heterocycles. The number of hydrogen-bond acceptors (Lipinski definition) is 1. The molecule has 2 saturated carbocycles. The molecule has 176 valence electrons. The van der Waals surface area contributed by atoms with E-state index in [0.717, 1.165) is 34.6 Å². The second kappa shape index (κ2) is 13.2. The second-order valence-corrected chi connectivity index (χ2v) is 8.83. The summed E-state index contributed by atoms with van der Waals surface area (Å²) >= 11 is 0. The third-order valence-electron chi connectivity index (χ3n) is 6.67. The van der Waals surface area contributed by atoms with Gasteiger partial charge in [0.1, 0.15) is 0 Å². The molecule has 6 rings (SSSR count). The van der Waals surface area contributed by atoms with E-state index in [9.17, 15) is 4.79 Å². The van der Waals surface area contributed by atoms with Gasteiger partial charge in [-0.05, 0) is 80.9 Å². The van der Waals surface area contributed by atoms with Crippen molar-refractivity contribution in [2.45, 2.75) is 18.3 Å². The number of Topliss-reactive ketones (excluding diaryl/α,β-unsaturated/α-hetero) is 1. The molecule has 10 radical (unpaired) electrons. The summed E-state index contributed by atoms with van der Waals surface area (Å²) in [5.74, 6) is 1.28. The van der Waals surface area contributed by atoms with E-state index in [1.807, 2.05) is 74.6 Å².